The largest absolute Gasteiger partial charge is 0.459 e. The van der Waals surface area contributed by atoms with Gasteiger partial charge in [0, 0.05) is 11.8 Å². The van der Waals surface area contributed by atoms with Gasteiger partial charge in [-0.05, 0) is 86.0 Å². The van der Waals surface area contributed by atoms with Crippen molar-refractivity contribution in [3.63, 3.8) is 0 Å². The first-order valence-electron chi connectivity index (χ1n) is 13.6. The predicted molar refractivity (Wildman–Crippen MR) is 136 cm³/mol. The third-order valence-electron chi connectivity index (χ3n) is 8.88. The van der Waals surface area contributed by atoms with E-state index < -0.39 is 51.5 Å². The van der Waals surface area contributed by atoms with Crippen LogP contribution >= 0.6 is 0 Å². The number of fused-ring (bicyclic) bond motifs is 1. The number of carbonyl (C=O) groups is 3. The van der Waals surface area contributed by atoms with Crippen LogP contribution in [0.15, 0.2) is 0 Å². The summed E-state index contributed by atoms with van der Waals surface area (Å²) in [7, 11) is -3.53. The Hall–Kier alpha value is -1.68. The summed E-state index contributed by atoms with van der Waals surface area (Å²) in [5.41, 5.74) is -1.16. The summed E-state index contributed by atoms with van der Waals surface area (Å²) in [6.45, 7) is 12.9. The molecule has 37 heavy (non-hydrogen) atoms. The summed E-state index contributed by atoms with van der Waals surface area (Å²) in [6, 6.07) is 0. The minimum atomic E-state index is -3.53. The van der Waals surface area contributed by atoms with E-state index in [0.29, 0.717) is 19.3 Å². The highest BCUT2D eigenvalue weighted by molar-refractivity contribution is 7.87. The quantitative estimate of drug-likeness (QED) is 0.250. The Bertz CT molecular complexity index is 978. The number of rotatable bonds is 8. The van der Waals surface area contributed by atoms with Crippen LogP contribution < -0.4 is 0 Å². The highest BCUT2D eigenvalue weighted by atomic mass is 32.2. The summed E-state index contributed by atoms with van der Waals surface area (Å²) in [4.78, 5) is 35.6. The molecule has 0 aromatic heterocycles. The second kappa shape index (κ2) is 10.8. The topological polar surface area (TPSA) is 122 Å². The molecule has 3 saturated carbocycles. The molecule has 5 atom stereocenters. The van der Waals surface area contributed by atoms with Crippen LogP contribution in [-0.2, 0) is 42.9 Å². The fraction of sp³-hybridized carbons (Fsp3) is 0.889. The first-order valence-corrected chi connectivity index (χ1v) is 15.0. The van der Waals surface area contributed by atoms with Crippen molar-refractivity contribution in [3.8, 4) is 0 Å². The highest BCUT2D eigenvalue weighted by Crippen LogP contribution is 2.55. The van der Waals surface area contributed by atoms with Gasteiger partial charge in [-0.1, -0.05) is 13.8 Å². The van der Waals surface area contributed by atoms with E-state index in [1.807, 2.05) is 27.7 Å². The number of hydrogen-bond acceptors (Lipinski definition) is 9. The van der Waals surface area contributed by atoms with E-state index in [2.05, 4.69) is 6.92 Å². The molecule has 2 bridgehead atoms. The molecule has 5 unspecified atom stereocenters. The van der Waals surface area contributed by atoms with Gasteiger partial charge in [0.05, 0.1) is 16.1 Å². The van der Waals surface area contributed by atoms with Crippen molar-refractivity contribution in [2.75, 3.05) is 6.61 Å². The van der Waals surface area contributed by atoms with Gasteiger partial charge in [-0.25, -0.2) is 4.79 Å². The maximum absolute atomic E-state index is 11.9. The van der Waals surface area contributed by atoms with Crippen molar-refractivity contribution in [2.24, 2.45) is 22.7 Å². The molecular formula is C27H44O9S. The third kappa shape index (κ3) is 6.49. The number of hydrogen-bond donors (Lipinski definition) is 0. The molecule has 0 N–H and O–H groups in total. The van der Waals surface area contributed by atoms with Crippen LogP contribution in [0.4, 0.5) is 0 Å². The molecule has 10 heteroatoms. The number of ether oxygens (including phenoxy) is 3. The van der Waals surface area contributed by atoms with Crippen molar-refractivity contribution in [1.29, 1.82) is 0 Å². The van der Waals surface area contributed by atoms with E-state index in [4.69, 9.17) is 18.4 Å². The zero-order valence-corrected chi connectivity index (χ0v) is 24.1. The third-order valence-corrected chi connectivity index (χ3v) is 10.6. The van der Waals surface area contributed by atoms with Crippen LogP contribution in [-0.4, -0.2) is 56.0 Å². The summed E-state index contributed by atoms with van der Waals surface area (Å²) < 4.78 is 44.8. The van der Waals surface area contributed by atoms with Crippen LogP contribution in [0.2, 0.25) is 0 Å². The Kier molecular flexibility index (Phi) is 8.74. The van der Waals surface area contributed by atoms with Gasteiger partial charge in [-0.2, -0.15) is 8.42 Å². The van der Waals surface area contributed by atoms with E-state index in [0.717, 1.165) is 19.3 Å². The van der Waals surface area contributed by atoms with Crippen LogP contribution in [0.1, 0.15) is 99.8 Å². The molecule has 1 aliphatic heterocycles. The van der Waals surface area contributed by atoms with Crippen molar-refractivity contribution < 1.29 is 41.2 Å². The van der Waals surface area contributed by atoms with Crippen molar-refractivity contribution in [3.05, 3.63) is 0 Å². The van der Waals surface area contributed by atoms with Gasteiger partial charge < -0.3 is 14.2 Å². The summed E-state index contributed by atoms with van der Waals surface area (Å²) in [5, 5.41) is -0.448. The van der Waals surface area contributed by atoms with Gasteiger partial charge in [0.1, 0.15) is 17.8 Å². The minimum Gasteiger partial charge on any atom is -0.459 e. The first kappa shape index (κ1) is 29.9. The second-order valence-electron chi connectivity index (χ2n) is 12.5. The Morgan fingerprint density at radius 3 is 2.08 bits per heavy atom. The first-order chi connectivity index (χ1) is 17.0. The highest BCUT2D eigenvalue weighted by Gasteiger charge is 2.65. The number of esters is 3. The van der Waals surface area contributed by atoms with Gasteiger partial charge in [0.15, 0.2) is 6.61 Å². The molecule has 212 valence electrons. The van der Waals surface area contributed by atoms with Crippen molar-refractivity contribution in [1.82, 2.24) is 0 Å². The lowest BCUT2D eigenvalue weighted by atomic mass is 9.90. The van der Waals surface area contributed by atoms with Crippen molar-refractivity contribution >= 4 is 28.0 Å². The van der Waals surface area contributed by atoms with E-state index in [-0.39, 0.29) is 28.8 Å². The van der Waals surface area contributed by atoms with Gasteiger partial charge in [0.25, 0.3) is 10.1 Å². The van der Waals surface area contributed by atoms with E-state index in [1.165, 1.54) is 12.8 Å². The predicted octanol–water partition coefficient (Wildman–Crippen LogP) is 4.31. The summed E-state index contributed by atoms with van der Waals surface area (Å²) >= 11 is 0. The van der Waals surface area contributed by atoms with E-state index >= 15 is 0 Å². The fourth-order valence-electron chi connectivity index (χ4n) is 5.43. The molecule has 3 aliphatic carbocycles. The molecule has 9 nitrogen and oxygen atoms in total. The molecule has 4 rings (SSSR count). The van der Waals surface area contributed by atoms with Crippen LogP contribution in [0.25, 0.3) is 0 Å². The Morgan fingerprint density at radius 2 is 1.51 bits per heavy atom. The van der Waals surface area contributed by atoms with Crippen LogP contribution in [0.5, 0.6) is 0 Å². The van der Waals surface area contributed by atoms with Gasteiger partial charge in [-0.15, -0.1) is 0 Å². The average Bonchev–Trinajstić information content (AvgIpc) is 3.56. The maximum atomic E-state index is 11.9. The number of carbonyl (C=O) groups excluding carboxylic acids is 3. The maximum Gasteiger partial charge on any atom is 0.344 e. The zero-order valence-electron chi connectivity index (χ0n) is 23.3. The van der Waals surface area contributed by atoms with E-state index in [9.17, 15) is 22.8 Å². The normalized spacial score (nSPS) is 30.8. The van der Waals surface area contributed by atoms with Gasteiger partial charge in [0.2, 0.25) is 0 Å². The Balaban J connectivity index is 0.000000233. The van der Waals surface area contributed by atoms with E-state index in [1.54, 1.807) is 13.8 Å². The minimum absolute atomic E-state index is 0.0130. The molecular weight excluding hydrogens is 500 g/mol. The lowest BCUT2D eigenvalue weighted by Crippen LogP contribution is -2.38. The van der Waals surface area contributed by atoms with Gasteiger partial charge in [-0.3, -0.25) is 13.8 Å². The molecule has 1 heterocycles. The SMILES string of the molecule is CCC(C)(C)C(=O)OC1(C)CCCC1.CCC(C)(C)C(=O)OCC(=O)OC1C2CC3C1OS(=O)(=O)C3C2. The lowest BCUT2D eigenvalue weighted by Gasteiger charge is -2.29. The molecule has 4 fully saturated rings. The van der Waals surface area contributed by atoms with Crippen LogP contribution in [0.3, 0.4) is 0 Å². The summed E-state index contributed by atoms with van der Waals surface area (Å²) in [6.07, 6.45) is 5.92. The molecule has 0 radical (unpaired) electrons. The van der Waals surface area contributed by atoms with Gasteiger partial charge >= 0.3 is 17.9 Å². The fourth-order valence-corrected chi connectivity index (χ4v) is 7.31. The molecule has 0 amide bonds. The standard InChI is InChI=1S/C15H22O7S.C12H22O2/c1-4-15(2,3)14(17)20-7-11(16)21-12-8-5-9-10(6-8)23(18,19)22-13(9)12;1-5-11(2,3)10(13)14-12(4)8-6-7-9-12/h8-10,12-13H,4-7H2,1-3H3;5-9H2,1-4H3. The summed E-state index contributed by atoms with van der Waals surface area (Å²) in [5.74, 6) is -1.22. The molecule has 0 spiro atoms. The van der Waals surface area contributed by atoms with Crippen molar-refractivity contribution in [2.45, 2.75) is 123 Å². The van der Waals surface area contributed by atoms with Crippen LogP contribution in [0, 0.1) is 22.7 Å². The lowest BCUT2D eigenvalue weighted by molar-refractivity contribution is -0.171. The zero-order chi connectivity index (χ0) is 27.8. The molecule has 0 aromatic carbocycles. The molecule has 1 saturated heterocycles. The monoisotopic (exact) mass is 544 g/mol. The molecule has 0 aromatic rings. The molecule has 4 aliphatic rings. The Morgan fingerprint density at radius 1 is 0.946 bits per heavy atom. The second-order valence-corrected chi connectivity index (χ2v) is 14.3. The smallest absolute Gasteiger partial charge is 0.344 e. The Labute approximate surface area is 221 Å². The average molecular weight is 545 g/mol.